The molecule has 140 valence electrons. The topological polar surface area (TPSA) is 70.2 Å². The van der Waals surface area contributed by atoms with E-state index in [1.54, 1.807) is 0 Å². The molecule has 0 bridgehead atoms. The van der Waals surface area contributed by atoms with Crippen molar-refractivity contribution in [1.82, 2.24) is 19.9 Å². The molecule has 0 spiro atoms. The zero-order valence-electron chi connectivity index (χ0n) is 15.3. The molecule has 2 fully saturated rings. The van der Waals surface area contributed by atoms with E-state index in [0.717, 1.165) is 80.7 Å². The smallest absolute Gasteiger partial charge is 0.172 e. The number of ether oxygens (including phenoxy) is 1. The van der Waals surface area contributed by atoms with Crippen LogP contribution in [0.2, 0.25) is 0 Å². The molecule has 5 rings (SSSR count). The molecule has 0 radical (unpaired) electrons. The van der Waals surface area contributed by atoms with Gasteiger partial charge >= 0.3 is 0 Å². The van der Waals surface area contributed by atoms with E-state index >= 15 is 0 Å². The van der Waals surface area contributed by atoms with Crippen molar-refractivity contribution in [1.29, 1.82) is 0 Å². The second-order valence-electron chi connectivity index (χ2n) is 7.22. The van der Waals surface area contributed by atoms with Crippen molar-refractivity contribution in [3.05, 3.63) is 42.5 Å². The average molecular weight is 364 g/mol. The summed E-state index contributed by atoms with van der Waals surface area (Å²) in [7, 11) is 0. The Bertz CT molecular complexity index is 906. The number of nitrogens with zero attached hydrogens (tertiary/aromatic N) is 5. The van der Waals surface area contributed by atoms with Gasteiger partial charge in [-0.15, -0.1) is 0 Å². The lowest BCUT2D eigenvalue weighted by Gasteiger charge is -2.36. The first-order valence-electron chi connectivity index (χ1n) is 9.72. The van der Waals surface area contributed by atoms with Gasteiger partial charge in [-0.2, -0.15) is 0 Å². The van der Waals surface area contributed by atoms with Crippen LogP contribution in [0, 0.1) is 0 Å². The Morgan fingerprint density at radius 2 is 1.70 bits per heavy atom. The molecule has 0 amide bonds. The highest BCUT2D eigenvalue weighted by Crippen LogP contribution is 2.33. The van der Waals surface area contributed by atoms with E-state index in [1.807, 2.05) is 36.7 Å². The van der Waals surface area contributed by atoms with E-state index in [9.17, 15) is 0 Å². The third-order valence-corrected chi connectivity index (χ3v) is 5.47. The van der Waals surface area contributed by atoms with Gasteiger partial charge in [0.1, 0.15) is 5.82 Å². The summed E-state index contributed by atoms with van der Waals surface area (Å²) < 4.78 is 5.54. The lowest BCUT2D eigenvalue weighted by atomic mass is 9.97. The molecule has 27 heavy (non-hydrogen) atoms. The Hall–Kier alpha value is -2.67. The van der Waals surface area contributed by atoms with Gasteiger partial charge in [-0.05, 0) is 25.0 Å². The van der Waals surface area contributed by atoms with E-state index in [4.69, 9.17) is 14.7 Å². The predicted octanol–water partition coefficient (Wildman–Crippen LogP) is 2.57. The Kier molecular flexibility index (Phi) is 4.37. The number of aromatic amines is 1. The molecule has 1 unspecified atom stereocenters. The number of aromatic nitrogens is 4. The third-order valence-electron chi connectivity index (χ3n) is 5.47. The third kappa shape index (κ3) is 3.23. The van der Waals surface area contributed by atoms with Gasteiger partial charge in [0.05, 0.1) is 24.2 Å². The van der Waals surface area contributed by atoms with Crippen LogP contribution in [0.1, 0.15) is 24.6 Å². The number of anilines is 2. The molecule has 0 saturated carbocycles. The molecule has 2 aromatic heterocycles. The number of hydrogen-bond acceptors (Lipinski definition) is 6. The Labute approximate surface area is 158 Å². The first-order chi connectivity index (χ1) is 13.4. The second kappa shape index (κ2) is 7.15. The van der Waals surface area contributed by atoms with E-state index in [0.29, 0.717) is 5.92 Å². The van der Waals surface area contributed by atoms with Crippen molar-refractivity contribution >= 4 is 22.7 Å². The average Bonchev–Trinajstić information content (AvgIpc) is 3.29. The number of nitrogens with one attached hydrogen (secondary N) is 1. The van der Waals surface area contributed by atoms with Crippen LogP contribution in [0.4, 0.5) is 11.6 Å². The van der Waals surface area contributed by atoms with E-state index in [1.165, 1.54) is 0 Å². The van der Waals surface area contributed by atoms with Crippen LogP contribution in [-0.4, -0.2) is 59.3 Å². The number of para-hydroxylation sites is 2. The van der Waals surface area contributed by atoms with Gasteiger partial charge in [0, 0.05) is 44.5 Å². The molecule has 2 aliphatic heterocycles. The SMILES string of the molecule is c1ccc2nc(N3CCCC(c4ncc[nH]4)C3)c(N3CCOCC3)nc2c1. The summed E-state index contributed by atoms with van der Waals surface area (Å²) in [5, 5.41) is 0. The summed E-state index contributed by atoms with van der Waals surface area (Å²) in [5.41, 5.74) is 1.90. The molecule has 3 aromatic rings. The minimum absolute atomic E-state index is 0.402. The van der Waals surface area contributed by atoms with Crippen LogP contribution in [0.3, 0.4) is 0 Å². The summed E-state index contributed by atoms with van der Waals surface area (Å²) >= 11 is 0. The minimum atomic E-state index is 0.402. The van der Waals surface area contributed by atoms with Crippen LogP contribution in [0.15, 0.2) is 36.7 Å². The zero-order chi connectivity index (χ0) is 18.1. The second-order valence-corrected chi connectivity index (χ2v) is 7.22. The molecule has 4 heterocycles. The molecule has 7 heteroatoms. The summed E-state index contributed by atoms with van der Waals surface area (Å²) in [4.78, 5) is 22.5. The van der Waals surface area contributed by atoms with Crippen molar-refractivity contribution in [3.63, 3.8) is 0 Å². The lowest BCUT2D eigenvalue weighted by molar-refractivity contribution is 0.122. The highest BCUT2D eigenvalue weighted by molar-refractivity contribution is 5.81. The van der Waals surface area contributed by atoms with E-state index in [-0.39, 0.29) is 0 Å². The molecule has 7 nitrogen and oxygen atoms in total. The highest BCUT2D eigenvalue weighted by atomic mass is 16.5. The number of hydrogen-bond donors (Lipinski definition) is 1. The largest absolute Gasteiger partial charge is 0.378 e. The standard InChI is InChI=1S/C20H24N6O/c1-2-6-17-16(5-1)23-19(25-10-12-27-13-11-25)20(24-17)26-9-3-4-15(14-26)18-21-7-8-22-18/h1-2,5-8,15H,3-4,9-14H2,(H,21,22). The number of rotatable bonds is 3. The van der Waals surface area contributed by atoms with Crippen LogP contribution in [-0.2, 0) is 4.74 Å². The molecule has 2 aliphatic rings. The van der Waals surface area contributed by atoms with Crippen LogP contribution >= 0.6 is 0 Å². The van der Waals surface area contributed by atoms with E-state index < -0.39 is 0 Å². The van der Waals surface area contributed by atoms with Crippen molar-refractivity contribution in [3.8, 4) is 0 Å². The van der Waals surface area contributed by atoms with Crippen molar-refractivity contribution < 1.29 is 4.74 Å². The van der Waals surface area contributed by atoms with Gasteiger partial charge in [0.25, 0.3) is 0 Å². The normalized spacial score (nSPS) is 21.0. The van der Waals surface area contributed by atoms with Gasteiger partial charge < -0.3 is 19.5 Å². The molecule has 2 saturated heterocycles. The van der Waals surface area contributed by atoms with Crippen molar-refractivity contribution in [2.24, 2.45) is 0 Å². The molecular formula is C20H24N6O. The van der Waals surface area contributed by atoms with E-state index in [2.05, 4.69) is 19.8 Å². The van der Waals surface area contributed by atoms with Gasteiger partial charge in [0.2, 0.25) is 0 Å². The van der Waals surface area contributed by atoms with Crippen LogP contribution in [0.25, 0.3) is 11.0 Å². The number of imidazole rings is 1. The maximum Gasteiger partial charge on any atom is 0.172 e. The fraction of sp³-hybridized carbons (Fsp3) is 0.450. The van der Waals surface area contributed by atoms with Gasteiger partial charge in [-0.1, -0.05) is 12.1 Å². The number of benzene rings is 1. The fourth-order valence-corrected chi connectivity index (χ4v) is 4.07. The van der Waals surface area contributed by atoms with Crippen molar-refractivity contribution in [2.75, 3.05) is 49.2 Å². The number of fused-ring (bicyclic) bond motifs is 1. The number of H-pyrrole nitrogens is 1. The summed E-state index contributed by atoms with van der Waals surface area (Å²) in [6, 6.07) is 8.13. The molecular weight excluding hydrogens is 340 g/mol. The lowest BCUT2D eigenvalue weighted by Crippen LogP contribution is -2.40. The quantitative estimate of drug-likeness (QED) is 0.770. The first-order valence-corrected chi connectivity index (χ1v) is 9.72. The Balaban J connectivity index is 1.53. The molecule has 1 aromatic carbocycles. The van der Waals surface area contributed by atoms with Gasteiger partial charge in [-0.3, -0.25) is 0 Å². The molecule has 1 N–H and O–H groups in total. The minimum Gasteiger partial charge on any atom is -0.378 e. The maximum atomic E-state index is 5.54. The Morgan fingerprint density at radius 3 is 2.41 bits per heavy atom. The van der Waals surface area contributed by atoms with Gasteiger partial charge in [0.15, 0.2) is 11.6 Å². The number of morpholine rings is 1. The summed E-state index contributed by atoms with van der Waals surface area (Å²) in [5.74, 6) is 3.45. The monoisotopic (exact) mass is 364 g/mol. The summed E-state index contributed by atoms with van der Waals surface area (Å²) in [6.45, 7) is 5.11. The molecule has 0 aliphatic carbocycles. The number of piperidine rings is 1. The first kappa shape index (κ1) is 16.5. The maximum absolute atomic E-state index is 5.54. The predicted molar refractivity (Wildman–Crippen MR) is 105 cm³/mol. The fourth-order valence-electron chi connectivity index (χ4n) is 4.07. The van der Waals surface area contributed by atoms with Crippen LogP contribution in [0.5, 0.6) is 0 Å². The van der Waals surface area contributed by atoms with Crippen LogP contribution < -0.4 is 9.80 Å². The van der Waals surface area contributed by atoms with Crippen molar-refractivity contribution in [2.45, 2.75) is 18.8 Å². The molecule has 1 atom stereocenters. The Morgan fingerprint density at radius 1 is 0.963 bits per heavy atom. The zero-order valence-corrected chi connectivity index (χ0v) is 15.3. The summed E-state index contributed by atoms with van der Waals surface area (Å²) in [6.07, 6.45) is 6.02. The highest BCUT2D eigenvalue weighted by Gasteiger charge is 2.28. The van der Waals surface area contributed by atoms with Gasteiger partial charge in [-0.25, -0.2) is 15.0 Å².